The van der Waals surface area contributed by atoms with Crippen LogP contribution in [0.4, 0.5) is 0 Å². The summed E-state index contributed by atoms with van der Waals surface area (Å²) in [5, 5.41) is 0. The largest absolute Gasteiger partial charge is 0.462 e. The van der Waals surface area contributed by atoms with Gasteiger partial charge in [-0.3, -0.25) is 4.98 Å². The van der Waals surface area contributed by atoms with E-state index in [4.69, 9.17) is 4.74 Å². The lowest BCUT2D eigenvalue weighted by atomic mass is 9.98. The van der Waals surface area contributed by atoms with Crippen molar-refractivity contribution in [2.24, 2.45) is 5.92 Å². The number of benzene rings is 1. The molecule has 0 atom stereocenters. The van der Waals surface area contributed by atoms with Gasteiger partial charge in [-0.25, -0.2) is 4.79 Å². The van der Waals surface area contributed by atoms with E-state index in [-0.39, 0.29) is 5.97 Å². The van der Waals surface area contributed by atoms with Gasteiger partial charge in [0.25, 0.3) is 0 Å². The molecular weight excluding hydrogens is 262 g/mol. The van der Waals surface area contributed by atoms with Gasteiger partial charge in [-0.05, 0) is 37.0 Å². The zero-order chi connectivity index (χ0) is 15.4. The van der Waals surface area contributed by atoms with Crippen LogP contribution >= 0.6 is 0 Å². The number of esters is 1. The van der Waals surface area contributed by atoms with Crippen LogP contribution in [0.15, 0.2) is 36.5 Å². The Hall–Kier alpha value is -2.16. The number of carbonyl (C=O) groups is 1. The van der Waals surface area contributed by atoms with Crippen LogP contribution in [0.1, 0.15) is 35.5 Å². The molecule has 1 aromatic heterocycles. The summed E-state index contributed by atoms with van der Waals surface area (Å²) in [5.74, 6) is 0.0126. The molecule has 0 fully saturated rings. The third-order valence-electron chi connectivity index (χ3n) is 3.25. The number of hydrogen-bond donors (Lipinski definition) is 0. The van der Waals surface area contributed by atoms with Gasteiger partial charge in [0.05, 0.1) is 17.9 Å². The summed E-state index contributed by atoms with van der Waals surface area (Å²) < 4.78 is 5.38. The van der Waals surface area contributed by atoms with E-state index >= 15 is 0 Å². The third-order valence-corrected chi connectivity index (χ3v) is 3.25. The lowest BCUT2D eigenvalue weighted by molar-refractivity contribution is 0.0458. The number of carbonyl (C=O) groups excluding carboxylic acids is 1. The molecule has 0 unspecified atom stereocenters. The Morgan fingerprint density at radius 2 is 1.81 bits per heavy atom. The lowest BCUT2D eigenvalue weighted by Gasteiger charge is -2.13. The van der Waals surface area contributed by atoms with Crippen molar-refractivity contribution in [3.63, 3.8) is 0 Å². The zero-order valence-electron chi connectivity index (χ0n) is 13.0. The molecule has 0 amide bonds. The molecule has 2 aromatic rings. The van der Waals surface area contributed by atoms with Crippen LogP contribution in [0.3, 0.4) is 0 Å². The predicted octanol–water partition coefficient (Wildman–Crippen LogP) is 4.18. The Morgan fingerprint density at radius 3 is 2.43 bits per heavy atom. The van der Waals surface area contributed by atoms with Crippen LogP contribution in [0, 0.1) is 19.8 Å². The number of pyridine rings is 1. The first-order valence-corrected chi connectivity index (χ1v) is 7.19. The van der Waals surface area contributed by atoms with Gasteiger partial charge in [0.2, 0.25) is 0 Å². The highest BCUT2D eigenvalue weighted by atomic mass is 16.5. The smallest absolute Gasteiger partial charge is 0.340 e. The molecule has 2 rings (SSSR count). The normalized spacial score (nSPS) is 10.7. The average molecular weight is 283 g/mol. The van der Waals surface area contributed by atoms with E-state index in [2.05, 4.69) is 4.98 Å². The van der Waals surface area contributed by atoms with Gasteiger partial charge in [0.15, 0.2) is 0 Å². The maximum atomic E-state index is 12.4. The third kappa shape index (κ3) is 3.69. The first-order chi connectivity index (χ1) is 9.99. The average Bonchev–Trinajstić information content (AvgIpc) is 2.45. The van der Waals surface area contributed by atoms with Gasteiger partial charge in [0, 0.05) is 6.20 Å². The van der Waals surface area contributed by atoms with E-state index in [1.165, 1.54) is 5.56 Å². The molecule has 0 radical (unpaired) electrons. The Balaban J connectivity index is 2.40. The Bertz CT molecular complexity index is 630. The number of aryl methyl sites for hydroxylation is 2. The molecule has 0 spiro atoms. The summed E-state index contributed by atoms with van der Waals surface area (Å²) >= 11 is 0. The SMILES string of the molecule is Cc1ccc(-c2ccnc(C)c2C(=O)OCC(C)C)cc1. The van der Waals surface area contributed by atoms with E-state index in [1.807, 2.05) is 58.0 Å². The van der Waals surface area contributed by atoms with Crippen molar-refractivity contribution in [2.45, 2.75) is 27.7 Å². The van der Waals surface area contributed by atoms with Crippen molar-refractivity contribution in [2.75, 3.05) is 6.61 Å². The molecular formula is C18H21NO2. The van der Waals surface area contributed by atoms with E-state index in [0.717, 1.165) is 11.1 Å². The molecule has 21 heavy (non-hydrogen) atoms. The summed E-state index contributed by atoms with van der Waals surface area (Å²) in [7, 11) is 0. The molecule has 0 saturated heterocycles. The lowest BCUT2D eigenvalue weighted by Crippen LogP contribution is -2.13. The fraction of sp³-hybridized carbons (Fsp3) is 0.333. The number of ether oxygens (including phenoxy) is 1. The summed E-state index contributed by atoms with van der Waals surface area (Å²) in [6, 6.07) is 9.97. The molecule has 3 nitrogen and oxygen atoms in total. The van der Waals surface area contributed by atoms with Crippen molar-refractivity contribution in [3.05, 3.63) is 53.3 Å². The highest BCUT2D eigenvalue weighted by Gasteiger charge is 2.18. The van der Waals surface area contributed by atoms with Crippen LogP contribution in [0.5, 0.6) is 0 Å². The molecule has 0 aliphatic heterocycles. The second-order valence-corrected chi connectivity index (χ2v) is 5.68. The van der Waals surface area contributed by atoms with Crippen LogP contribution in [-0.4, -0.2) is 17.6 Å². The maximum absolute atomic E-state index is 12.4. The van der Waals surface area contributed by atoms with Gasteiger partial charge in [-0.15, -0.1) is 0 Å². The summed E-state index contributed by atoms with van der Waals surface area (Å²) in [4.78, 5) is 16.6. The van der Waals surface area contributed by atoms with Crippen molar-refractivity contribution in [1.82, 2.24) is 4.98 Å². The molecule has 3 heteroatoms. The molecule has 0 aliphatic carbocycles. The van der Waals surface area contributed by atoms with Crippen molar-refractivity contribution >= 4 is 5.97 Å². The molecule has 0 bridgehead atoms. The first-order valence-electron chi connectivity index (χ1n) is 7.19. The van der Waals surface area contributed by atoms with E-state index < -0.39 is 0 Å². The first kappa shape index (κ1) is 15.2. The van der Waals surface area contributed by atoms with Gasteiger partial charge in [-0.1, -0.05) is 43.7 Å². The standard InChI is InChI=1S/C18H21NO2/c1-12(2)11-21-18(20)17-14(4)19-10-9-16(17)15-7-5-13(3)6-8-15/h5-10,12H,11H2,1-4H3. The van der Waals surface area contributed by atoms with Crippen LogP contribution in [0.2, 0.25) is 0 Å². The minimum Gasteiger partial charge on any atom is -0.462 e. The fourth-order valence-corrected chi connectivity index (χ4v) is 2.11. The second-order valence-electron chi connectivity index (χ2n) is 5.68. The quantitative estimate of drug-likeness (QED) is 0.790. The van der Waals surface area contributed by atoms with E-state index in [1.54, 1.807) is 6.20 Å². The molecule has 0 aliphatic rings. The summed E-state index contributed by atoms with van der Waals surface area (Å²) in [6.07, 6.45) is 1.73. The van der Waals surface area contributed by atoms with Gasteiger partial charge < -0.3 is 4.74 Å². The monoisotopic (exact) mass is 283 g/mol. The van der Waals surface area contributed by atoms with E-state index in [0.29, 0.717) is 23.8 Å². The highest BCUT2D eigenvalue weighted by molar-refractivity contribution is 5.98. The topological polar surface area (TPSA) is 39.2 Å². The number of aromatic nitrogens is 1. The van der Waals surface area contributed by atoms with Crippen LogP contribution in [-0.2, 0) is 4.74 Å². The minimum atomic E-state index is -0.301. The van der Waals surface area contributed by atoms with Crippen molar-refractivity contribution in [3.8, 4) is 11.1 Å². The van der Waals surface area contributed by atoms with Crippen molar-refractivity contribution in [1.29, 1.82) is 0 Å². The maximum Gasteiger partial charge on any atom is 0.340 e. The number of rotatable bonds is 4. The Kier molecular flexibility index (Phi) is 4.73. The van der Waals surface area contributed by atoms with Gasteiger partial charge in [0.1, 0.15) is 0 Å². The Labute approximate surface area is 126 Å². The Morgan fingerprint density at radius 1 is 1.14 bits per heavy atom. The van der Waals surface area contributed by atoms with Gasteiger partial charge >= 0.3 is 5.97 Å². The fourth-order valence-electron chi connectivity index (χ4n) is 2.11. The molecule has 0 saturated carbocycles. The number of nitrogens with zero attached hydrogens (tertiary/aromatic N) is 1. The van der Waals surface area contributed by atoms with Gasteiger partial charge in [-0.2, -0.15) is 0 Å². The zero-order valence-corrected chi connectivity index (χ0v) is 13.0. The minimum absolute atomic E-state index is 0.301. The summed E-state index contributed by atoms with van der Waals surface area (Å²) in [5.41, 5.74) is 4.32. The molecule has 1 heterocycles. The number of hydrogen-bond acceptors (Lipinski definition) is 3. The van der Waals surface area contributed by atoms with Crippen molar-refractivity contribution < 1.29 is 9.53 Å². The van der Waals surface area contributed by atoms with Crippen LogP contribution < -0.4 is 0 Å². The van der Waals surface area contributed by atoms with Crippen LogP contribution in [0.25, 0.3) is 11.1 Å². The van der Waals surface area contributed by atoms with E-state index in [9.17, 15) is 4.79 Å². The molecule has 110 valence electrons. The highest BCUT2D eigenvalue weighted by Crippen LogP contribution is 2.26. The summed E-state index contributed by atoms with van der Waals surface area (Å²) in [6.45, 7) is 8.33. The molecule has 1 aromatic carbocycles. The second kappa shape index (κ2) is 6.53. The molecule has 0 N–H and O–H groups in total. The predicted molar refractivity (Wildman–Crippen MR) is 84.3 cm³/mol.